The number of esters is 1. The summed E-state index contributed by atoms with van der Waals surface area (Å²) in [7, 11) is 0. The summed E-state index contributed by atoms with van der Waals surface area (Å²) in [5.41, 5.74) is -0.358. The molecule has 0 bridgehead atoms. The minimum atomic E-state index is -0.358. The summed E-state index contributed by atoms with van der Waals surface area (Å²) in [4.78, 5) is 11.3. The second kappa shape index (κ2) is 6.24. The van der Waals surface area contributed by atoms with Gasteiger partial charge in [-0.1, -0.05) is 12.8 Å². The average molecular weight is 227 g/mol. The summed E-state index contributed by atoms with van der Waals surface area (Å²) in [6.07, 6.45) is 5.91. The van der Waals surface area contributed by atoms with Crippen molar-refractivity contribution in [3.8, 4) is 0 Å². The van der Waals surface area contributed by atoms with Crippen molar-refractivity contribution in [2.24, 2.45) is 5.92 Å². The second-order valence-corrected chi connectivity index (χ2v) is 5.67. The molecule has 0 heterocycles. The quantitative estimate of drug-likeness (QED) is 0.536. The summed E-state index contributed by atoms with van der Waals surface area (Å²) in [6, 6.07) is 0. The normalized spacial score (nSPS) is 16.2. The fourth-order valence-electron chi connectivity index (χ4n) is 1.63. The van der Waals surface area contributed by atoms with Crippen LogP contribution in [0.5, 0.6) is 0 Å². The van der Waals surface area contributed by atoms with E-state index in [1.54, 1.807) is 0 Å². The molecule has 1 saturated carbocycles. The van der Waals surface area contributed by atoms with Crippen LogP contribution < -0.4 is 5.32 Å². The number of carbonyl (C=O) groups excluding carboxylic acids is 1. The Kier molecular flexibility index (Phi) is 5.26. The monoisotopic (exact) mass is 227 g/mol. The molecule has 16 heavy (non-hydrogen) atoms. The zero-order valence-electron chi connectivity index (χ0n) is 10.8. The van der Waals surface area contributed by atoms with Crippen LogP contribution >= 0.6 is 0 Å². The van der Waals surface area contributed by atoms with E-state index in [4.69, 9.17) is 4.74 Å². The van der Waals surface area contributed by atoms with Crippen LogP contribution in [0.25, 0.3) is 0 Å². The van der Waals surface area contributed by atoms with E-state index in [0.29, 0.717) is 6.42 Å². The van der Waals surface area contributed by atoms with E-state index in [2.05, 4.69) is 5.32 Å². The van der Waals surface area contributed by atoms with E-state index in [1.165, 1.54) is 25.7 Å². The number of rotatable bonds is 7. The van der Waals surface area contributed by atoms with E-state index in [0.717, 1.165) is 19.0 Å². The summed E-state index contributed by atoms with van der Waals surface area (Å²) < 4.78 is 5.21. The molecule has 0 aromatic carbocycles. The highest BCUT2D eigenvalue weighted by molar-refractivity contribution is 5.70. The van der Waals surface area contributed by atoms with E-state index in [9.17, 15) is 4.79 Å². The van der Waals surface area contributed by atoms with Crippen LogP contribution in [-0.4, -0.2) is 24.7 Å². The van der Waals surface area contributed by atoms with Gasteiger partial charge in [0.2, 0.25) is 0 Å². The van der Waals surface area contributed by atoms with Crippen LogP contribution in [0, 0.1) is 5.92 Å². The first kappa shape index (κ1) is 13.5. The Balaban J connectivity index is 1.87. The Morgan fingerprint density at radius 2 is 2.00 bits per heavy atom. The Morgan fingerprint density at radius 1 is 1.31 bits per heavy atom. The van der Waals surface area contributed by atoms with E-state index in [-0.39, 0.29) is 11.6 Å². The van der Waals surface area contributed by atoms with Gasteiger partial charge in [-0.25, -0.2) is 0 Å². The zero-order valence-corrected chi connectivity index (χ0v) is 10.8. The number of ether oxygens (including phenoxy) is 1. The van der Waals surface area contributed by atoms with Gasteiger partial charge in [-0.3, -0.25) is 4.79 Å². The highest BCUT2D eigenvalue weighted by Gasteiger charge is 2.20. The molecule has 0 unspecified atom stereocenters. The topological polar surface area (TPSA) is 38.3 Å². The average Bonchev–Trinajstić information content (AvgIpc) is 2.91. The van der Waals surface area contributed by atoms with Gasteiger partial charge >= 0.3 is 5.97 Å². The van der Waals surface area contributed by atoms with Gasteiger partial charge < -0.3 is 10.1 Å². The Labute approximate surface area is 98.9 Å². The molecule has 0 aromatic heterocycles. The molecule has 1 N–H and O–H groups in total. The van der Waals surface area contributed by atoms with Crippen LogP contribution in [0.4, 0.5) is 0 Å². The molecule has 94 valence electrons. The molecular weight excluding hydrogens is 202 g/mol. The third-order valence-corrected chi connectivity index (χ3v) is 2.59. The highest BCUT2D eigenvalue weighted by atomic mass is 16.6. The first-order valence-corrected chi connectivity index (χ1v) is 6.40. The Morgan fingerprint density at radius 3 is 2.56 bits per heavy atom. The van der Waals surface area contributed by atoms with Crippen molar-refractivity contribution in [2.75, 3.05) is 13.1 Å². The molecule has 1 rings (SSSR count). The van der Waals surface area contributed by atoms with Crippen LogP contribution in [0.3, 0.4) is 0 Å². The predicted molar refractivity (Wildman–Crippen MR) is 65.3 cm³/mol. The first-order chi connectivity index (χ1) is 7.47. The maximum atomic E-state index is 11.3. The van der Waals surface area contributed by atoms with Gasteiger partial charge in [-0.2, -0.15) is 0 Å². The van der Waals surface area contributed by atoms with Crippen molar-refractivity contribution in [2.45, 2.75) is 58.5 Å². The first-order valence-electron chi connectivity index (χ1n) is 6.40. The molecule has 0 amide bonds. The third kappa shape index (κ3) is 7.69. The van der Waals surface area contributed by atoms with Crippen molar-refractivity contribution in [1.29, 1.82) is 0 Å². The van der Waals surface area contributed by atoms with Gasteiger partial charge in [0.15, 0.2) is 0 Å². The number of carbonyl (C=O) groups is 1. The van der Waals surface area contributed by atoms with Gasteiger partial charge in [0.1, 0.15) is 5.60 Å². The molecular formula is C13H25NO2. The van der Waals surface area contributed by atoms with Gasteiger partial charge in [0.25, 0.3) is 0 Å². The van der Waals surface area contributed by atoms with Crippen molar-refractivity contribution in [3.63, 3.8) is 0 Å². The molecule has 1 fully saturated rings. The number of nitrogens with one attached hydrogen (secondary N) is 1. The molecule has 0 saturated heterocycles. The summed E-state index contributed by atoms with van der Waals surface area (Å²) in [6.45, 7) is 7.45. The van der Waals surface area contributed by atoms with E-state index in [1.807, 2.05) is 20.8 Å². The van der Waals surface area contributed by atoms with Crippen molar-refractivity contribution in [3.05, 3.63) is 0 Å². The lowest BCUT2D eigenvalue weighted by atomic mass is 10.2. The summed E-state index contributed by atoms with van der Waals surface area (Å²) in [5.74, 6) is 0.898. The summed E-state index contributed by atoms with van der Waals surface area (Å²) in [5, 5.41) is 3.28. The van der Waals surface area contributed by atoms with Gasteiger partial charge in [0, 0.05) is 6.54 Å². The molecule has 0 radical (unpaired) electrons. The fourth-order valence-corrected chi connectivity index (χ4v) is 1.63. The maximum Gasteiger partial charge on any atom is 0.307 e. The Hall–Kier alpha value is -0.570. The zero-order chi connectivity index (χ0) is 12.0. The molecule has 3 heteroatoms. The van der Waals surface area contributed by atoms with Gasteiger partial charge in [-0.15, -0.1) is 0 Å². The van der Waals surface area contributed by atoms with E-state index >= 15 is 0 Å². The molecule has 0 spiro atoms. The standard InChI is InChI=1S/C13H25NO2/c1-13(2,3)16-12(15)8-10-14-9-4-5-11-6-7-11/h11,14H,4-10H2,1-3H3. The van der Waals surface area contributed by atoms with Crippen molar-refractivity contribution >= 4 is 5.97 Å². The van der Waals surface area contributed by atoms with E-state index < -0.39 is 0 Å². The fraction of sp³-hybridized carbons (Fsp3) is 0.923. The SMILES string of the molecule is CC(C)(C)OC(=O)CCNCCCC1CC1. The molecule has 0 aromatic rings. The van der Waals surface area contributed by atoms with Gasteiger partial charge in [0.05, 0.1) is 6.42 Å². The molecule has 0 aliphatic heterocycles. The second-order valence-electron chi connectivity index (χ2n) is 5.67. The minimum Gasteiger partial charge on any atom is -0.460 e. The smallest absolute Gasteiger partial charge is 0.307 e. The van der Waals surface area contributed by atoms with Crippen LogP contribution in [-0.2, 0) is 9.53 Å². The minimum absolute atomic E-state index is 0.109. The Bertz CT molecular complexity index is 216. The number of hydrogen-bond acceptors (Lipinski definition) is 3. The van der Waals surface area contributed by atoms with Crippen molar-refractivity contribution < 1.29 is 9.53 Å². The highest BCUT2D eigenvalue weighted by Crippen LogP contribution is 2.33. The van der Waals surface area contributed by atoms with Crippen LogP contribution in [0.15, 0.2) is 0 Å². The summed E-state index contributed by atoms with van der Waals surface area (Å²) >= 11 is 0. The van der Waals surface area contributed by atoms with Gasteiger partial charge in [-0.05, 0) is 46.1 Å². The lowest BCUT2D eigenvalue weighted by Gasteiger charge is -2.19. The predicted octanol–water partition coefficient (Wildman–Crippen LogP) is 2.50. The molecule has 1 aliphatic rings. The maximum absolute atomic E-state index is 11.3. The largest absolute Gasteiger partial charge is 0.460 e. The lowest BCUT2D eigenvalue weighted by Crippen LogP contribution is -2.27. The van der Waals surface area contributed by atoms with Crippen molar-refractivity contribution in [1.82, 2.24) is 5.32 Å². The lowest BCUT2D eigenvalue weighted by molar-refractivity contribution is -0.154. The molecule has 3 nitrogen and oxygen atoms in total. The molecule has 1 aliphatic carbocycles. The third-order valence-electron chi connectivity index (χ3n) is 2.59. The molecule has 0 atom stereocenters. The number of hydrogen-bond donors (Lipinski definition) is 1. The van der Waals surface area contributed by atoms with Crippen LogP contribution in [0.1, 0.15) is 52.9 Å². The van der Waals surface area contributed by atoms with Crippen LogP contribution in [0.2, 0.25) is 0 Å².